The minimum Gasteiger partial charge on any atom is -0.333 e. The Morgan fingerprint density at radius 1 is 1.14 bits per heavy atom. The van der Waals surface area contributed by atoms with E-state index in [2.05, 4.69) is 64.7 Å². The topological polar surface area (TPSA) is 40.7 Å². The van der Waals surface area contributed by atoms with Crippen LogP contribution in [-0.2, 0) is 6.54 Å². The first-order valence-electron chi connectivity index (χ1n) is 7.15. The van der Waals surface area contributed by atoms with Crippen molar-refractivity contribution >= 4 is 22.8 Å². The molecule has 0 aliphatic heterocycles. The van der Waals surface area contributed by atoms with E-state index in [-0.39, 0.29) is 0 Å². The molecule has 0 radical (unpaired) electrons. The number of H-pyrrole nitrogens is 1. The van der Waals surface area contributed by atoms with Gasteiger partial charge in [0.1, 0.15) is 0 Å². The lowest BCUT2D eigenvalue weighted by atomic mass is 10.2. The molecule has 2 aromatic carbocycles. The summed E-state index contributed by atoms with van der Waals surface area (Å²) in [6.45, 7) is 3.98. The maximum atomic E-state index is 4.59. The third-order valence-corrected chi connectivity index (χ3v) is 4.18. The highest BCUT2D eigenvalue weighted by Gasteiger charge is 2.03. The van der Waals surface area contributed by atoms with Gasteiger partial charge < -0.3 is 10.3 Å². The highest BCUT2D eigenvalue weighted by molar-refractivity contribution is 7.99. The predicted molar refractivity (Wildman–Crippen MR) is 89.7 cm³/mol. The van der Waals surface area contributed by atoms with Crippen molar-refractivity contribution in [3.8, 4) is 0 Å². The highest BCUT2D eigenvalue weighted by Crippen LogP contribution is 2.19. The van der Waals surface area contributed by atoms with Crippen molar-refractivity contribution in [3.63, 3.8) is 0 Å². The van der Waals surface area contributed by atoms with E-state index in [0.717, 1.165) is 35.0 Å². The van der Waals surface area contributed by atoms with Crippen molar-refractivity contribution < 1.29 is 0 Å². The van der Waals surface area contributed by atoms with Crippen molar-refractivity contribution in [3.05, 3.63) is 59.7 Å². The SMILES string of the molecule is Cc1ccc2nc(SCCNCc3ccccc3)[nH]c2c1. The first kappa shape index (κ1) is 14.2. The van der Waals surface area contributed by atoms with Crippen LogP contribution in [0, 0.1) is 6.92 Å². The Hall–Kier alpha value is -1.78. The molecule has 108 valence electrons. The molecule has 0 saturated carbocycles. The van der Waals surface area contributed by atoms with Gasteiger partial charge in [0.15, 0.2) is 5.16 Å². The third-order valence-electron chi connectivity index (χ3n) is 3.31. The van der Waals surface area contributed by atoms with E-state index in [1.165, 1.54) is 11.1 Å². The number of hydrogen-bond acceptors (Lipinski definition) is 3. The summed E-state index contributed by atoms with van der Waals surface area (Å²) >= 11 is 1.76. The molecule has 2 N–H and O–H groups in total. The summed E-state index contributed by atoms with van der Waals surface area (Å²) < 4.78 is 0. The molecule has 3 nitrogen and oxygen atoms in total. The van der Waals surface area contributed by atoms with Gasteiger partial charge in [-0.3, -0.25) is 0 Å². The fourth-order valence-electron chi connectivity index (χ4n) is 2.22. The summed E-state index contributed by atoms with van der Waals surface area (Å²) in [4.78, 5) is 7.96. The standard InChI is InChI=1S/C17H19N3S/c1-13-7-8-15-16(11-13)20-17(19-15)21-10-9-18-12-14-5-3-2-4-6-14/h2-8,11,18H,9-10,12H2,1H3,(H,19,20). The normalized spacial score (nSPS) is 11.1. The number of benzene rings is 2. The second-order valence-corrected chi connectivity index (χ2v) is 6.16. The summed E-state index contributed by atoms with van der Waals surface area (Å²) in [5.74, 6) is 1.01. The van der Waals surface area contributed by atoms with Gasteiger partial charge in [-0.1, -0.05) is 48.2 Å². The molecule has 1 heterocycles. The number of nitrogens with one attached hydrogen (secondary N) is 2. The maximum Gasteiger partial charge on any atom is 0.166 e. The molecule has 3 rings (SSSR count). The first-order valence-corrected chi connectivity index (χ1v) is 8.13. The number of hydrogen-bond donors (Lipinski definition) is 2. The summed E-state index contributed by atoms with van der Waals surface area (Å²) in [5, 5.41) is 4.45. The quantitative estimate of drug-likeness (QED) is 0.538. The van der Waals surface area contributed by atoms with E-state index in [9.17, 15) is 0 Å². The molecule has 0 aliphatic rings. The average Bonchev–Trinajstić information content (AvgIpc) is 2.90. The van der Waals surface area contributed by atoms with Gasteiger partial charge in [-0.05, 0) is 30.2 Å². The number of aromatic amines is 1. The van der Waals surface area contributed by atoms with E-state index in [1.54, 1.807) is 11.8 Å². The summed E-state index contributed by atoms with van der Waals surface area (Å²) in [7, 11) is 0. The van der Waals surface area contributed by atoms with Crippen LogP contribution in [0.3, 0.4) is 0 Å². The molecule has 0 aliphatic carbocycles. The number of aromatic nitrogens is 2. The predicted octanol–water partition coefficient (Wildman–Crippen LogP) is 3.75. The fraction of sp³-hybridized carbons (Fsp3) is 0.235. The molecule has 4 heteroatoms. The second-order valence-electron chi connectivity index (χ2n) is 5.07. The van der Waals surface area contributed by atoms with Crippen LogP contribution < -0.4 is 5.32 Å². The van der Waals surface area contributed by atoms with E-state index < -0.39 is 0 Å². The number of imidazole rings is 1. The minimum absolute atomic E-state index is 0.917. The van der Waals surface area contributed by atoms with Crippen LogP contribution >= 0.6 is 11.8 Å². The molecule has 0 saturated heterocycles. The van der Waals surface area contributed by atoms with Crippen molar-refractivity contribution in [1.29, 1.82) is 0 Å². The number of rotatable bonds is 6. The van der Waals surface area contributed by atoms with Crippen LogP contribution in [0.25, 0.3) is 11.0 Å². The Balaban J connectivity index is 1.46. The van der Waals surface area contributed by atoms with Crippen molar-refractivity contribution in [2.75, 3.05) is 12.3 Å². The summed E-state index contributed by atoms with van der Waals surface area (Å²) in [6.07, 6.45) is 0. The van der Waals surface area contributed by atoms with Crippen LogP contribution in [0.4, 0.5) is 0 Å². The van der Waals surface area contributed by atoms with Crippen LogP contribution in [-0.4, -0.2) is 22.3 Å². The average molecular weight is 297 g/mol. The maximum absolute atomic E-state index is 4.59. The monoisotopic (exact) mass is 297 g/mol. The number of nitrogens with zero attached hydrogens (tertiary/aromatic N) is 1. The molecule has 0 unspecified atom stereocenters. The van der Waals surface area contributed by atoms with Gasteiger partial charge in [-0.2, -0.15) is 0 Å². The molecular formula is C17H19N3S. The van der Waals surface area contributed by atoms with Crippen LogP contribution in [0.2, 0.25) is 0 Å². The number of aryl methyl sites for hydroxylation is 1. The lowest BCUT2D eigenvalue weighted by Gasteiger charge is -2.03. The van der Waals surface area contributed by atoms with Crippen molar-refractivity contribution in [2.24, 2.45) is 0 Å². The molecule has 21 heavy (non-hydrogen) atoms. The number of fused-ring (bicyclic) bond motifs is 1. The zero-order valence-corrected chi connectivity index (χ0v) is 12.9. The van der Waals surface area contributed by atoms with E-state index >= 15 is 0 Å². The zero-order valence-electron chi connectivity index (χ0n) is 12.1. The van der Waals surface area contributed by atoms with Crippen LogP contribution in [0.1, 0.15) is 11.1 Å². The molecule has 1 aromatic heterocycles. The highest BCUT2D eigenvalue weighted by atomic mass is 32.2. The first-order chi connectivity index (χ1) is 10.3. The Morgan fingerprint density at radius 3 is 2.86 bits per heavy atom. The minimum atomic E-state index is 0.917. The molecule has 3 aromatic rings. The van der Waals surface area contributed by atoms with Crippen molar-refractivity contribution in [2.45, 2.75) is 18.6 Å². The Labute approximate surface area is 129 Å². The molecular weight excluding hydrogens is 278 g/mol. The molecule has 0 fully saturated rings. The molecule has 0 atom stereocenters. The van der Waals surface area contributed by atoms with Gasteiger partial charge >= 0.3 is 0 Å². The van der Waals surface area contributed by atoms with Gasteiger partial charge in [-0.25, -0.2) is 4.98 Å². The lowest BCUT2D eigenvalue weighted by molar-refractivity contribution is 0.731. The zero-order chi connectivity index (χ0) is 14.5. The van der Waals surface area contributed by atoms with Gasteiger partial charge in [0, 0.05) is 18.8 Å². The third kappa shape index (κ3) is 3.86. The molecule has 0 spiro atoms. The molecule has 0 amide bonds. The van der Waals surface area contributed by atoms with Crippen molar-refractivity contribution in [1.82, 2.24) is 15.3 Å². The number of thioether (sulfide) groups is 1. The van der Waals surface area contributed by atoms with E-state index in [1.807, 2.05) is 6.07 Å². The fourth-order valence-corrected chi connectivity index (χ4v) is 3.00. The van der Waals surface area contributed by atoms with Gasteiger partial charge in [0.05, 0.1) is 11.0 Å². The van der Waals surface area contributed by atoms with Crippen LogP contribution in [0.5, 0.6) is 0 Å². The smallest absolute Gasteiger partial charge is 0.166 e. The Morgan fingerprint density at radius 2 is 2.00 bits per heavy atom. The summed E-state index contributed by atoms with van der Waals surface area (Å²) in [5.41, 5.74) is 4.74. The van der Waals surface area contributed by atoms with E-state index in [0.29, 0.717) is 0 Å². The van der Waals surface area contributed by atoms with E-state index in [4.69, 9.17) is 0 Å². The van der Waals surface area contributed by atoms with Crippen LogP contribution in [0.15, 0.2) is 53.7 Å². The van der Waals surface area contributed by atoms with Gasteiger partial charge in [0.25, 0.3) is 0 Å². The summed E-state index contributed by atoms with van der Waals surface area (Å²) in [6, 6.07) is 16.8. The lowest BCUT2D eigenvalue weighted by Crippen LogP contribution is -2.16. The van der Waals surface area contributed by atoms with Gasteiger partial charge in [0.2, 0.25) is 0 Å². The molecule has 0 bridgehead atoms. The Bertz CT molecular complexity index is 706. The Kier molecular flexibility index (Phi) is 4.58. The largest absolute Gasteiger partial charge is 0.333 e. The second kappa shape index (κ2) is 6.78. The van der Waals surface area contributed by atoms with Gasteiger partial charge in [-0.15, -0.1) is 0 Å².